The number of hydrogen-bond donors (Lipinski definition) is 2. The number of rotatable bonds is 3. The van der Waals surface area contributed by atoms with E-state index in [0.29, 0.717) is 27.8 Å². The van der Waals surface area contributed by atoms with E-state index in [1.54, 1.807) is 6.07 Å². The number of carbonyl (C=O) groups is 1. The lowest BCUT2D eigenvalue weighted by Crippen LogP contribution is -2.11. The van der Waals surface area contributed by atoms with Gasteiger partial charge in [0, 0.05) is 6.42 Å². The highest BCUT2D eigenvalue weighted by atomic mass is 35.5. The van der Waals surface area contributed by atoms with Crippen LogP contribution in [-0.2, 0) is 4.79 Å². The second kappa shape index (κ2) is 5.24. The third-order valence-corrected chi connectivity index (χ3v) is 2.48. The SMILES string of the molecule is CCCC(=O)Nc1cc(Cl)c(N)cc1Cl. The van der Waals surface area contributed by atoms with E-state index in [2.05, 4.69) is 5.32 Å². The molecule has 1 aromatic carbocycles. The normalized spacial score (nSPS) is 10.1. The average molecular weight is 247 g/mol. The van der Waals surface area contributed by atoms with Crippen molar-refractivity contribution in [3.8, 4) is 0 Å². The van der Waals surface area contributed by atoms with Crippen LogP contribution in [0.5, 0.6) is 0 Å². The Bertz CT molecular complexity index is 380. The summed E-state index contributed by atoms with van der Waals surface area (Å²) in [5.41, 5.74) is 6.44. The molecule has 0 radical (unpaired) electrons. The molecule has 0 heterocycles. The zero-order valence-electron chi connectivity index (χ0n) is 8.31. The van der Waals surface area contributed by atoms with Crippen LogP contribution in [0.3, 0.4) is 0 Å². The number of benzene rings is 1. The van der Waals surface area contributed by atoms with Gasteiger partial charge in [-0.25, -0.2) is 0 Å². The maximum atomic E-state index is 11.3. The Labute approximate surface area is 98.5 Å². The molecular formula is C10H12Cl2N2O. The van der Waals surface area contributed by atoms with Crippen molar-refractivity contribution < 1.29 is 4.79 Å². The molecule has 5 heteroatoms. The molecule has 0 atom stereocenters. The Morgan fingerprint density at radius 1 is 1.40 bits per heavy atom. The van der Waals surface area contributed by atoms with Gasteiger partial charge in [0.25, 0.3) is 0 Å². The Kier molecular flexibility index (Phi) is 4.24. The second-order valence-electron chi connectivity index (χ2n) is 3.15. The second-order valence-corrected chi connectivity index (χ2v) is 3.97. The maximum Gasteiger partial charge on any atom is 0.224 e. The predicted octanol–water partition coefficient (Wildman–Crippen LogP) is 3.31. The molecule has 0 aliphatic rings. The molecule has 82 valence electrons. The zero-order chi connectivity index (χ0) is 11.4. The largest absolute Gasteiger partial charge is 0.397 e. The average Bonchev–Trinajstić information content (AvgIpc) is 2.14. The van der Waals surface area contributed by atoms with Crippen LogP contribution in [0, 0.1) is 0 Å². The summed E-state index contributed by atoms with van der Waals surface area (Å²) in [6.45, 7) is 1.93. The summed E-state index contributed by atoms with van der Waals surface area (Å²) < 4.78 is 0. The Morgan fingerprint density at radius 3 is 2.67 bits per heavy atom. The smallest absolute Gasteiger partial charge is 0.224 e. The molecule has 15 heavy (non-hydrogen) atoms. The Balaban J connectivity index is 2.86. The minimum atomic E-state index is -0.0831. The maximum absolute atomic E-state index is 11.3. The lowest BCUT2D eigenvalue weighted by atomic mass is 10.2. The van der Waals surface area contributed by atoms with Crippen LogP contribution in [-0.4, -0.2) is 5.91 Å². The lowest BCUT2D eigenvalue weighted by Gasteiger charge is -2.08. The van der Waals surface area contributed by atoms with E-state index in [1.165, 1.54) is 6.07 Å². The summed E-state index contributed by atoms with van der Waals surface area (Å²) in [6.07, 6.45) is 1.24. The van der Waals surface area contributed by atoms with Gasteiger partial charge in [0.05, 0.1) is 21.4 Å². The van der Waals surface area contributed by atoms with E-state index in [1.807, 2.05) is 6.92 Å². The monoisotopic (exact) mass is 246 g/mol. The first-order chi connectivity index (χ1) is 7.04. The summed E-state index contributed by atoms with van der Waals surface area (Å²) in [5.74, 6) is -0.0831. The molecular weight excluding hydrogens is 235 g/mol. The molecule has 0 aromatic heterocycles. The van der Waals surface area contributed by atoms with Gasteiger partial charge in [-0.2, -0.15) is 0 Å². The fourth-order valence-corrected chi connectivity index (χ4v) is 1.48. The van der Waals surface area contributed by atoms with Gasteiger partial charge >= 0.3 is 0 Å². The van der Waals surface area contributed by atoms with Crippen LogP contribution < -0.4 is 11.1 Å². The highest BCUT2D eigenvalue weighted by molar-refractivity contribution is 6.37. The van der Waals surface area contributed by atoms with Crippen molar-refractivity contribution >= 4 is 40.5 Å². The minimum absolute atomic E-state index is 0.0831. The predicted molar refractivity (Wildman–Crippen MR) is 64.4 cm³/mol. The van der Waals surface area contributed by atoms with E-state index >= 15 is 0 Å². The van der Waals surface area contributed by atoms with Crippen molar-refractivity contribution in [1.82, 2.24) is 0 Å². The number of anilines is 2. The number of amides is 1. The van der Waals surface area contributed by atoms with Crippen molar-refractivity contribution in [3.05, 3.63) is 22.2 Å². The fourth-order valence-electron chi connectivity index (χ4n) is 1.10. The molecule has 0 unspecified atom stereocenters. The first kappa shape index (κ1) is 12.1. The molecule has 0 saturated heterocycles. The number of nitrogens with one attached hydrogen (secondary N) is 1. The molecule has 0 aliphatic carbocycles. The van der Waals surface area contributed by atoms with Gasteiger partial charge in [-0.05, 0) is 18.6 Å². The zero-order valence-corrected chi connectivity index (χ0v) is 9.82. The molecule has 3 nitrogen and oxygen atoms in total. The van der Waals surface area contributed by atoms with E-state index in [-0.39, 0.29) is 5.91 Å². The molecule has 1 rings (SSSR count). The van der Waals surface area contributed by atoms with Gasteiger partial charge in [0.2, 0.25) is 5.91 Å². The quantitative estimate of drug-likeness (QED) is 0.805. The summed E-state index contributed by atoms with van der Waals surface area (Å²) in [7, 11) is 0. The Hall–Kier alpha value is -0.930. The lowest BCUT2D eigenvalue weighted by molar-refractivity contribution is -0.116. The van der Waals surface area contributed by atoms with Crippen molar-refractivity contribution in [1.29, 1.82) is 0 Å². The van der Waals surface area contributed by atoms with Gasteiger partial charge in [-0.15, -0.1) is 0 Å². The summed E-state index contributed by atoms with van der Waals surface area (Å²) in [5, 5.41) is 3.44. The van der Waals surface area contributed by atoms with Crippen LogP contribution in [0.1, 0.15) is 19.8 Å². The molecule has 1 amide bonds. The highest BCUT2D eigenvalue weighted by Crippen LogP contribution is 2.30. The van der Waals surface area contributed by atoms with Crippen LogP contribution in [0.2, 0.25) is 10.0 Å². The molecule has 0 bridgehead atoms. The minimum Gasteiger partial charge on any atom is -0.397 e. The standard InChI is InChI=1S/C10H12Cl2N2O/c1-2-3-10(15)14-9-5-6(11)8(13)4-7(9)12/h4-5H,2-3,13H2,1H3,(H,14,15). The van der Waals surface area contributed by atoms with Gasteiger partial charge < -0.3 is 11.1 Å². The van der Waals surface area contributed by atoms with E-state index < -0.39 is 0 Å². The van der Waals surface area contributed by atoms with Crippen molar-refractivity contribution in [3.63, 3.8) is 0 Å². The number of nitrogen functional groups attached to an aromatic ring is 1. The fraction of sp³-hybridized carbons (Fsp3) is 0.300. The van der Waals surface area contributed by atoms with E-state index in [4.69, 9.17) is 28.9 Å². The van der Waals surface area contributed by atoms with Crippen LogP contribution in [0.4, 0.5) is 11.4 Å². The van der Waals surface area contributed by atoms with Gasteiger partial charge in [0.1, 0.15) is 0 Å². The summed E-state index contributed by atoms with van der Waals surface area (Å²) in [4.78, 5) is 11.3. The molecule has 0 fully saturated rings. The molecule has 0 aliphatic heterocycles. The first-order valence-electron chi connectivity index (χ1n) is 4.59. The topological polar surface area (TPSA) is 55.1 Å². The first-order valence-corrected chi connectivity index (χ1v) is 5.34. The number of hydrogen-bond acceptors (Lipinski definition) is 2. The van der Waals surface area contributed by atoms with Crippen molar-refractivity contribution in [2.24, 2.45) is 0 Å². The van der Waals surface area contributed by atoms with Gasteiger partial charge in [-0.3, -0.25) is 4.79 Å². The summed E-state index contributed by atoms with van der Waals surface area (Å²) >= 11 is 11.7. The third-order valence-electron chi connectivity index (χ3n) is 1.84. The van der Waals surface area contributed by atoms with E-state index in [9.17, 15) is 4.79 Å². The van der Waals surface area contributed by atoms with E-state index in [0.717, 1.165) is 6.42 Å². The number of carbonyl (C=O) groups excluding carboxylic acids is 1. The number of halogens is 2. The summed E-state index contributed by atoms with van der Waals surface area (Å²) in [6, 6.07) is 3.07. The molecule has 1 aromatic rings. The third kappa shape index (κ3) is 3.29. The van der Waals surface area contributed by atoms with Crippen molar-refractivity contribution in [2.45, 2.75) is 19.8 Å². The van der Waals surface area contributed by atoms with Crippen molar-refractivity contribution in [2.75, 3.05) is 11.1 Å². The van der Waals surface area contributed by atoms with Crippen LogP contribution in [0.15, 0.2) is 12.1 Å². The van der Waals surface area contributed by atoms with Gasteiger partial charge in [-0.1, -0.05) is 30.1 Å². The van der Waals surface area contributed by atoms with Crippen LogP contribution >= 0.6 is 23.2 Å². The number of nitrogens with two attached hydrogens (primary N) is 1. The molecule has 0 spiro atoms. The highest BCUT2D eigenvalue weighted by Gasteiger charge is 2.07. The molecule has 0 saturated carbocycles. The molecule has 3 N–H and O–H groups in total. The Morgan fingerprint density at radius 2 is 2.07 bits per heavy atom. The van der Waals surface area contributed by atoms with Crippen LogP contribution in [0.25, 0.3) is 0 Å². The van der Waals surface area contributed by atoms with Gasteiger partial charge in [0.15, 0.2) is 0 Å².